The summed E-state index contributed by atoms with van der Waals surface area (Å²) in [7, 11) is 1.53. The number of aromatic nitrogens is 1. The van der Waals surface area contributed by atoms with Crippen LogP contribution in [0.15, 0.2) is 24.3 Å². The number of aryl methyl sites for hydroxylation is 1. The number of nitrogens with one attached hydrogen (secondary N) is 1. The van der Waals surface area contributed by atoms with Crippen LogP contribution in [0.2, 0.25) is 0 Å². The summed E-state index contributed by atoms with van der Waals surface area (Å²) in [5.41, 5.74) is 2.53. The molecule has 8 nitrogen and oxygen atoms in total. The van der Waals surface area contributed by atoms with Crippen LogP contribution >= 0.6 is 0 Å². The molecule has 1 aromatic heterocycles. The minimum absolute atomic E-state index is 0.0766. The maximum absolute atomic E-state index is 15.2. The number of carbonyl (C=O) groups excluding carboxylic acids is 3. The molecule has 0 bridgehead atoms. The predicted octanol–water partition coefficient (Wildman–Crippen LogP) is 5.28. The molecule has 2 amide bonds. The minimum atomic E-state index is -0.915. The third-order valence-corrected chi connectivity index (χ3v) is 8.52. The average molecular weight is 566 g/mol. The van der Waals surface area contributed by atoms with E-state index in [1.807, 2.05) is 40.7 Å². The van der Waals surface area contributed by atoms with Crippen molar-refractivity contribution in [3.05, 3.63) is 52.5 Å². The topological polar surface area (TPSA) is 97.8 Å². The largest absolute Gasteiger partial charge is 0.481 e. The molecule has 2 aliphatic carbocycles. The van der Waals surface area contributed by atoms with Gasteiger partial charge in [0.1, 0.15) is 17.5 Å². The molecule has 0 spiro atoms. The fraction of sp³-hybridized carbons (Fsp3) is 0.562. The van der Waals surface area contributed by atoms with Crippen molar-refractivity contribution in [2.24, 2.45) is 11.8 Å². The first-order chi connectivity index (χ1) is 19.3. The molecule has 9 heteroatoms. The first-order valence-electron chi connectivity index (χ1n) is 14.5. The van der Waals surface area contributed by atoms with Gasteiger partial charge < -0.3 is 19.7 Å². The Kier molecular flexibility index (Phi) is 7.59. The van der Waals surface area contributed by atoms with Crippen molar-refractivity contribution < 1.29 is 28.2 Å². The van der Waals surface area contributed by atoms with Gasteiger partial charge in [-0.2, -0.15) is 0 Å². The van der Waals surface area contributed by atoms with E-state index in [1.54, 1.807) is 17.0 Å². The van der Waals surface area contributed by atoms with Crippen molar-refractivity contribution in [2.75, 3.05) is 19.0 Å². The van der Waals surface area contributed by atoms with Gasteiger partial charge in [0, 0.05) is 42.6 Å². The van der Waals surface area contributed by atoms with E-state index < -0.39 is 17.6 Å². The molecule has 0 radical (unpaired) electrons. The van der Waals surface area contributed by atoms with Gasteiger partial charge in [-0.1, -0.05) is 13.8 Å². The molecule has 1 saturated carbocycles. The van der Waals surface area contributed by atoms with Gasteiger partial charge in [-0.15, -0.1) is 0 Å². The van der Waals surface area contributed by atoms with Gasteiger partial charge in [-0.3, -0.25) is 14.4 Å². The number of amides is 2. The molecule has 5 rings (SSSR count). The fourth-order valence-corrected chi connectivity index (χ4v) is 6.53. The lowest BCUT2D eigenvalue weighted by molar-refractivity contribution is -0.159. The van der Waals surface area contributed by atoms with Crippen molar-refractivity contribution in [2.45, 2.75) is 90.2 Å². The molecule has 1 aromatic carbocycles. The number of benzene rings is 1. The van der Waals surface area contributed by atoms with Crippen LogP contribution in [0.25, 0.3) is 0 Å². The lowest BCUT2D eigenvalue weighted by Gasteiger charge is -2.42. The summed E-state index contributed by atoms with van der Waals surface area (Å²) in [6.45, 7) is 9.88. The van der Waals surface area contributed by atoms with Gasteiger partial charge in [-0.05, 0) is 87.1 Å². The van der Waals surface area contributed by atoms with Crippen LogP contribution in [0, 0.1) is 17.7 Å². The third kappa shape index (κ3) is 5.95. The average Bonchev–Trinajstić information content (AvgIpc) is 3.17. The van der Waals surface area contributed by atoms with Gasteiger partial charge in [0.05, 0.1) is 12.8 Å². The summed E-state index contributed by atoms with van der Waals surface area (Å²) in [6, 6.07) is 5.77. The molecule has 3 aliphatic rings. The van der Waals surface area contributed by atoms with E-state index in [0.717, 1.165) is 18.4 Å². The van der Waals surface area contributed by atoms with E-state index in [-0.39, 0.29) is 41.4 Å². The Labute approximate surface area is 241 Å². The van der Waals surface area contributed by atoms with Gasteiger partial charge in [0.15, 0.2) is 0 Å². The molecular formula is C32H40FN3O5. The number of hydrogen-bond donors (Lipinski definition) is 1. The number of methoxy groups -OCH3 is 1. The number of carbonyl (C=O) groups is 3. The Bertz CT molecular complexity index is 1380. The van der Waals surface area contributed by atoms with Crippen molar-refractivity contribution in [3.8, 4) is 5.88 Å². The van der Waals surface area contributed by atoms with E-state index in [9.17, 15) is 14.4 Å². The molecule has 1 N–H and O–H groups in total. The highest BCUT2D eigenvalue weighted by atomic mass is 19.1. The molecule has 1 atom stereocenters. The van der Waals surface area contributed by atoms with Crippen molar-refractivity contribution in [3.63, 3.8) is 0 Å². The van der Waals surface area contributed by atoms with E-state index in [2.05, 4.69) is 10.3 Å². The highest BCUT2D eigenvalue weighted by Gasteiger charge is 2.44. The number of nitrogens with zero attached hydrogens (tertiary/aromatic N) is 2. The van der Waals surface area contributed by atoms with Gasteiger partial charge in [0.2, 0.25) is 11.8 Å². The number of pyridine rings is 1. The molecule has 0 unspecified atom stereocenters. The zero-order chi connectivity index (χ0) is 29.7. The fourth-order valence-electron chi connectivity index (χ4n) is 6.53. The standard InChI is InChI=1S/C32H40FN3O5/c1-31(2,3)41-26(37)15-18-13-20(14-18)30(39)36-12-10-24-22(7-8-25(35-24)40-6)28(36)29(38)34-21-16-19-9-11-32(4,5)27(19)23(33)17-21/h7-8,16-18,20,28H,9-15H2,1-6H3,(H,34,38)/t18-,20-,28-/m1/s1. The van der Waals surface area contributed by atoms with Crippen LogP contribution in [0.5, 0.6) is 5.88 Å². The van der Waals surface area contributed by atoms with Crippen LogP contribution in [0.1, 0.15) is 88.7 Å². The Balaban J connectivity index is 1.35. The Morgan fingerprint density at radius 3 is 2.56 bits per heavy atom. The summed E-state index contributed by atoms with van der Waals surface area (Å²) in [5, 5.41) is 2.90. The first-order valence-corrected chi connectivity index (χ1v) is 14.5. The van der Waals surface area contributed by atoms with Crippen LogP contribution in [0.4, 0.5) is 10.1 Å². The van der Waals surface area contributed by atoms with Crippen LogP contribution in [-0.2, 0) is 37.4 Å². The van der Waals surface area contributed by atoms with Crippen LogP contribution < -0.4 is 10.1 Å². The second kappa shape index (κ2) is 10.7. The zero-order valence-corrected chi connectivity index (χ0v) is 24.8. The second-order valence-corrected chi connectivity index (χ2v) is 13.3. The lowest BCUT2D eigenvalue weighted by Crippen LogP contribution is -2.50. The van der Waals surface area contributed by atoms with E-state index in [1.165, 1.54) is 13.2 Å². The highest BCUT2D eigenvalue weighted by Crippen LogP contribution is 2.43. The maximum atomic E-state index is 15.2. The number of hydrogen-bond acceptors (Lipinski definition) is 6. The number of esters is 1. The first kappa shape index (κ1) is 29.0. The van der Waals surface area contributed by atoms with E-state index in [0.29, 0.717) is 54.2 Å². The Hall–Kier alpha value is -3.49. The van der Waals surface area contributed by atoms with E-state index >= 15 is 4.39 Å². The Morgan fingerprint density at radius 2 is 1.88 bits per heavy atom. The monoisotopic (exact) mass is 565 g/mol. The van der Waals surface area contributed by atoms with E-state index in [4.69, 9.17) is 9.47 Å². The molecule has 0 saturated heterocycles. The third-order valence-electron chi connectivity index (χ3n) is 8.52. The summed E-state index contributed by atoms with van der Waals surface area (Å²) >= 11 is 0. The summed E-state index contributed by atoms with van der Waals surface area (Å²) < 4.78 is 25.9. The number of halogens is 1. The molecule has 220 valence electrons. The van der Waals surface area contributed by atoms with Gasteiger partial charge in [-0.25, -0.2) is 9.37 Å². The molecular weight excluding hydrogens is 525 g/mol. The lowest BCUT2D eigenvalue weighted by atomic mass is 9.72. The SMILES string of the molecule is COc1ccc2c(n1)CCN(C(=O)[C@H]1C[C@H](CC(=O)OC(C)(C)C)C1)[C@H]2C(=O)Nc1cc(F)c2c(c1)CCC2(C)C. The number of ether oxygens (including phenoxy) is 2. The number of anilines is 1. The second-order valence-electron chi connectivity index (χ2n) is 13.3. The quantitative estimate of drug-likeness (QED) is 0.479. The predicted molar refractivity (Wildman–Crippen MR) is 152 cm³/mol. The molecule has 2 aromatic rings. The Morgan fingerprint density at radius 1 is 1.15 bits per heavy atom. The van der Waals surface area contributed by atoms with Crippen molar-refractivity contribution in [1.82, 2.24) is 9.88 Å². The van der Waals surface area contributed by atoms with Crippen molar-refractivity contribution in [1.29, 1.82) is 0 Å². The number of rotatable bonds is 6. The molecule has 1 aliphatic heterocycles. The summed E-state index contributed by atoms with van der Waals surface area (Å²) in [6.07, 6.45) is 3.50. The highest BCUT2D eigenvalue weighted by molar-refractivity contribution is 5.99. The number of fused-ring (bicyclic) bond motifs is 2. The minimum Gasteiger partial charge on any atom is -0.481 e. The molecule has 2 heterocycles. The molecule has 1 fully saturated rings. The van der Waals surface area contributed by atoms with Crippen LogP contribution in [0.3, 0.4) is 0 Å². The summed E-state index contributed by atoms with van der Waals surface area (Å²) in [4.78, 5) is 46.0. The van der Waals surface area contributed by atoms with Crippen LogP contribution in [-0.4, -0.2) is 46.9 Å². The van der Waals surface area contributed by atoms with Gasteiger partial charge in [0.25, 0.3) is 5.91 Å². The van der Waals surface area contributed by atoms with Crippen molar-refractivity contribution >= 4 is 23.5 Å². The van der Waals surface area contributed by atoms with Gasteiger partial charge >= 0.3 is 5.97 Å². The molecule has 41 heavy (non-hydrogen) atoms. The normalized spacial score (nSPS) is 22.7. The smallest absolute Gasteiger partial charge is 0.306 e. The summed E-state index contributed by atoms with van der Waals surface area (Å²) in [5.74, 6) is -0.869. The maximum Gasteiger partial charge on any atom is 0.306 e. The zero-order valence-electron chi connectivity index (χ0n) is 24.8.